The minimum absolute atomic E-state index is 0.164. The molecule has 1 atom stereocenters. The lowest BCUT2D eigenvalue weighted by Crippen LogP contribution is -2.38. The Morgan fingerprint density at radius 3 is 2.39 bits per heavy atom. The number of nitrogens with two attached hydrogens (primary N) is 1. The Labute approximate surface area is 111 Å². The van der Waals surface area contributed by atoms with Gasteiger partial charge in [0.2, 0.25) is 5.91 Å². The van der Waals surface area contributed by atoms with Crippen molar-refractivity contribution in [3.8, 4) is 0 Å². The van der Waals surface area contributed by atoms with E-state index in [9.17, 15) is 4.79 Å². The highest BCUT2D eigenvalue weighted by Crippen LogP contribution is 2.31. The van der Waals surface area contributed by atoms with Crippen molar-refractivity contribution in [2.24, 2.45) is 17.1 Å². The first kappa shape index (κ1) is 13.9. The van der Waals surface area contributed by atoms with Crippen LogP contribution in [0.15, 0.2) is 0 Å². The second-order valence-electron chi connectivity index (χ2n) is 6.57. The Morgan fingerprint density at radius 1 is 1.22 bits per heavy atom. The number of rotatable bonds is 2. The van der Waals surface area contributed by atoms with E-state index in [2.05, 4.69) is 11.8 Å². The number of hydrogen-bond donors (Lipinski definition) is 1. The maximum absolute atomic E-state index is 12.6. The molecule has 104 valence electrons. The molecule has 0 spiro atoms. The summed E-state index contributed by atoms with van der Waals surface area (Å²) in [7, 11) is 0. The largest absolute Gasteiger partial charge is 0.342 e. The van der Waals surface area contributed by atoms with Crippen LogP contribution in [-0.4, -0.2) is 30.4 Å². The van der Waals surface area contributed by atoms with Gasteiger partial charge in [-0.3, -0.25) is 4.79 Å². The van der Waals surface area contributed by atoms with Gasteiger partial charge in [-0.05, 0) is 31.2 Å². The SMILES string of the molecule is CC1(CN)CCN(C(=O)C2CCCCCCC2)C1. The summed E-state index contributed by atoms with van der Waals surface area (Å²) < 4.78 is 0. The van der Waals surface area contributed by atoms with Crippen LogP contribution in [0.1, 0.15) is 58.3 Å². The van der Waals surface area contributed by atoms with Crippen LogP contribution in [0.3, 0.4) is 0 Å². The van der Waals surface area contributed by atoms with Gasteiger partial charge in [0, 0.05) is 19.0 Å². The lowest BCUT2D eigenvalue weighted by atomic mass is 9.89. The first-order valence-corrected chi connectivity index (χ1v) is 7.63. The number of likely N-dealkylation sites (tertiary alicyclic amines) is 1. The van der Waals surface area contributed by atoms with Crippen molar-refractivity contribution in [2.45, 2.75) is 58.3 Å². The van der Waals surface area contributed by atoms with E-state index in [1.54, 1.807) is 0 Å². The summed E-state index contributed by atoms with van der Waals surface area (Å²) in [6, 6.07) is 0. The predicted octanol–water partition coefficient (Wildman–Crippen LogP) is 2.54. The zero-order valence-corrected chi connectivity index (χ0v) is 11.8. The summed E-state index contributed by atoms with van der Waals surface area (Å²) in [5, 5.41) is 0. The van der Waals surface area contributed by atoms with Crippen molar-refractivity contribution >= 4 is 5.91 Å². The van der Waals surface area contributed by atoms with Gasteiger partial charge in [-0.15, -0.1) is 0 Å². The number of nitrogens with zero attached hydrogens (tertiary/aromatic N) is 1. The van der Waals surface area contributed by atoms with Crippen LogP contribution in [0.4, 0.5) is 0 Å². The van der Waals surface area contributed by atoms with Gasteiger partial charge in [0.15, 0.2) is 0 Å². The Morgan fingerprint density at radius 2 is 1.83 bits per heavy atom. The third kappa shape index (κ3) is 3.25. The molecule has 2 rings (SSSR count). The molecule has 1 saturated heterocycles. The maximum atomic E-state index is 12.6. The standard InChI is InChI=1S/C15H28N2O/c1-15(11-16)9-10-17(12-15)14(18)13-7-5-3-2-4-6-8-13/h13H,2-12,16H2,1H3. The van der Waals surface area contributed by atoms with E-state index >= 15 is 0 Å². The Balaban J connectivity index is 1.90. The Kier molecular flexibility index (Phi) is 4.66. The van der Waals surface area contributed by atoms with Crippen LogP contribution in [0.5, 0.6) is 0 Å². The summed E-state index contributed by atoms with van der Waals surface area (Å²) in [6.07, 6.45) is 9.73. The fourth-order valence-electron chi connectivity index (χ4n) is 3.34. The number of carbonyl (C=O) groups is 1. The summed E-state index contributed by atoms with van der Waals surface area (Å²) in [4.78, 5) is 14.6. The number of hydrogen-bond acceptors (Lipinski definition) is 2. The monoisotopic (exact) mass is 252 g/mol. The highest BCUT2D eigenvalue weighted by Gasteiger charge is 2.36. The van der Waals surface area contributed by atoms with E-state index in [4.69, 9.17) is 5.73 Å². The normalized spacial score (nSPS) is 31.1. The molecular weight excluding hydrogens is 224 g/mol. The predicted molar refractivity (Wildman–Crippen MR) is 74.2 cm³/mol. The summed E-state index contributed by atoms with van der Waals surface area (Å²) in [5.74, 6) is 0.708. The van der Waals surface area contributed by atoms with E-state index < -0.39 is 0 Å². The van der Waals surface area contributed by atoms with Crippen molar-refractivity contribution in [3.05, 3.63) is 0 Å². The van der Waals surface area contributed by atoms with Crippen molar-refractivity contribution in [2.75, 3.05) is 19.6 Å². The van der Waals surface area contributed by atoms with Gasteiger partial charge in [0.05, 0.1) is 0 Å². The molecule has 3 nitrogen and oxygen atoms in total. The second-order valence-corrected chi connectivity index (χ2v) is 6.57. The fraction of sp³-hybridized carbons (Fsp3) is 0.933. The van der Waals surface area contributed by atoms with Gasteiger partial charge in [-0.25, -0.2) is 0 Å². The average molecular weight is 252 g/mol. The molecule has 0 bridgehead atoms. The van der Waals surface area contributed by atoms with Crippen LogP contribution in [0.25, 0.3) is 0 Å². The van der Waals surface area contributed by atoms with E-state index in [-0.39, 0.29) is 5.41 Å². The molecule has 3 heteroatoms. The minimum Gasteiger partial charge on any atom is -0.342 e. The van der Waals surface area contributed by atoms with E-state index in [0.717, 1.165) is 32.4 Å². The average Bonchev–Trinajstić information content (AvgIpc) is 2.72. The Bertz CT molecular complexity index is 277. The molecule has 0 radical (unpaired) electrons. The van der Waals surface area contributed by atoms with Crippen molar-refractivity contribution in [1.82, 2.24) is 4.90 Å². The summed E-state index contributed by atoms with van der Waals surface area (Å²) in [6.45, 7) is 4.70. The molecule has 1 amide bonds. The number of amides is 1. The van der Waals surface area contributed by atoms with Gasteiger partial charge in [0.25, 0.3) is 0 Å². The molecule has 0 aromatic rings. The third-order valence-electron chi connectivity index (χ3n) is 4.82. The molecule has 2 fully saturated rings. The topological polar surface area (TPSA) is 46.3 Å². The van der Waals surface area contributed by atoms with Crippen molar-refractivity contribution in [3.63, 3.8) is 0 Å². The van der Waals surface area contributed by atoms with E-state index in [1.807, 2.05) is 0 Å². The zero-order chi connectivity index (χ0) is 13.0. The van der Waals surface area contributed by atoms with Crippen molar-refractivity contribution < 1.29 is 4.79 Å². The molecule has 18 heavy (non-hydrogen) atoms. The van der Waals surface area contributed by atoms with Crippen LogP contribution >= 0.6 is 0 Å². The molecule has 1 aliphatic carbocycles. The van der Waals surface area contributed by atoms with Crippen LogP contribution in [0.2, 0.25) is 0 Å². The van der Waals surface area contributed by atoms with E-state index in [0.29, 0.717) is 18.4 Å². The van der Waals surface area contributed by atoms with Gasteiger partial charge >= 0.3 is 0 Å². The molecule has 0 aromatic carbocycles. The maximum Gasteiger partial charge on any atom is 0.225 e. The fourth-order valence-corrected chi connectivity index (χ4v) is 3.34. The van der Waals surface area contributed by atoms with Gasteiger partial charge in [-0.1, -0.05) is 39.0 Å². The summed E-state index contributed by atoms with van der Waals surface area (Å²) in [5.41, 5.74) is 5.98. The van der Waals surface area contributed by atoms with Crippen LogP contribution in [-0.2, 0) is 4.79 Å². The first-order valence-electron chi connectivity index (χ1n) is 7.63. The van der Waals surface area contributed by atoms with E-state index in [1.165, 1.54) is 32.1 Å². The van der Waals surface area contributed by atoms with Crippen LogP contribution in [0, 0.1) is 11.3 Å². The lowest BCUT2D eigenvalue weighted by molar-refractivity contribution is -0.135. The molecule has 0 aromatic heterocycles. The molecule has 2 N–H and O–H groups in total. The lowest BCUT2D eigenvalue weighted by Gasteiger charge is -2.27. The molecule has 1 saturated carbocycles. The van der Waals surface area contributed by atoms with Gasteiger partial charge in [-0.2, -0.15) is 0 Å². The molecule has 1 unspecified atom stereocenters. The second kappa shape index (κ2) is 6.05. The summed E-state index contributed by atoms with van der Waals surface area (Å²) >= 11 is 0. The minimum atomic E-state index is 0.164. The molecule has 1 heterocycles. The molecule has 2 aliphatic rings. The highest BCUT2D eigenvalue weighted by molar-refractivity contribution is 5.79. The van der Waals surface area contributed by atoms with Gasteiger partial charge < -0.3 is 10.6 Å². The zero-order valence-electron chi connectivity index (χ0n) is 11.8. The molecule has 1 aliphatic heterocycles. The first-order chi connectivity index (χ1) is 8.64. The van der Waals surface area contributed by atoms with Crippen LogP contribution < -0.4 is 5.73 Å². The third-order valence-corrected chi connectivity index (χ3v) is 4.82. The van der Waals surface area contributed by atoms with Crippen molar-refractivity contribution in [1.29, 1.82) is 0 Å². The quantitative estimate of drug-likeness (QED) is 0.821. The molecular formula is C15H28N2O. The number of carbonyl (C=O) groups excluding carboxylic acids is 1. The highest BCUT2D eigenvalue weighted by atomic mass is 16.2. The smallest absolute Gasteiger partial charge is 0.225 e. The van der Waals surface area contributed by atoms with Gasteiger partial charge in [0.1, 0.15) is 0 Å². The Hall–Kier alpha value is -0.570.